The quantitative estimate of drug-likeness (QED) is 0.428. The molecule has 6 rings (SSSR count). The number of halogens is 3. The Morgan fingerprint density at radius 3 is 2.66 bits per heavy atom. The number of hydrogen-bond donors (Lipinski definition) is 2. The van der Waals surface area contributed by atoms with Gasteiger partial charge in [0.05, 0.1) is 22.6 Å². The summed E-state index contributed by atoms with van der Waals surface area (Å²) >= 11 is 0. The molecule has 1 saturated heterocycles. The molecule has 2 bridgehead atoms. The highest BCUT2D eigenvalue weighted by atomic mass is 19.4. The molecule has 6 nitrogen and oxygen atoms in total. The predicted molar refractivity (Wildman–Crippen MR) is 146 cm³/mol. The van der Waals surface area contributed by atoms with Gasteiger partial charge in [-0.25, -0.2) is 0 Å². The summed E-state index contributed by atoms with van der Waals surface area (Å²) < 4.78 is 45.3. The molecule has 2 aliphatic carbocycles. The van der Waals surface area contributed by atoms with Crippen molar-refractivity contribution < 1.29 is 32.9 Å². The summed E-state index contributed by atoms with van der Waals surface area (Å²) in [5.74, 6) is 5.04. The highest BCUT2D eigenvalue weighted by molar-refractivity contribution is 5.94. The second-order valence-corrected chi connectivity index (χ2v) is 11.7. The summed E-state index contributed by atoms with van der Waals surface area (Å²) in [5.41, 5.74) is -0.556. The van der Waals surface area contributed by atoms with Crippen molar-refractivity contribution in [1.29, 1.82) is 0 Å². The first-order valence-corrected chi connectivity index (χ1v) is 14.0. The average molecular weight is 567 g/mol. The fraction of sp³-hybridized carbons (Fsp3) is 0.469. The van der Waals surface area contributed by atoms with Crippen LogP contribution in [0.15, 0.2) is 49.1 Å². The first-order valence-electron chi connectivity index (χ1n) is 14.0. The third kappa shape index (κ3) is 3.84. The van der Waals surface area contributed by atoms with E-state index in [1.807, 2.05) is 19.1 Å². The zero-order chi connectivity index (χ0) is 29.3. The summed E-state index contributed by atoms with van der Waals surface area (Å²) in [6.07, 6.45) is -0.820. The lowest BCUT2D eigenvalue weighted by molar-refractivity contribution is -0.226. The minimum Gasteiger partial charge on any atom is -0.504 e. The minimum absolute atomic E-state index is 0.0183. The molecule has 2 aliphatic heterocycles. The molecule has 1 saturated carbocycles. The molecule has 216 valence electrons. The number of carbonyl (C=O) groups excluding carboxylic acids is 1. The third-order valence-corrected chi connectivity index (χ3v) is 9.97. The molecule has 1 spiro atoms. The number of carbonyl (C=O) groups is 1. The average Bonchev–Trinajstić information content (AvgIpc) is 3.29. The van der Waals surface area contributed by atoms with Crippen molar-refractivity contribution in [3.8, 4) is 23.3 Å². The van der Waals surface area contributed by atoms with Gasteiger partial charge in [0.1, 0.15) is 6.10 Å². The van der Waals surface area contributed by atoms with E-state index in [4.69, 9.17) is 4.74 Å². The minimum atomic E-state index is -4.45. The van der Waals surface area contributed by atoms with E-state index in [9.17, 15) is 28.2 Å². The van der Waals surface area contributed by atoms with Gasteiger partial charge in [-0.1, -0.05) is 31.4 Å². The monoisotopic (exact) mass is 566 g/mol. The number of benzene rings is 2. The van der Waals surface area contributed by atoms with E-state index >= 15 is 0 Å². The summed E-state index contributed by atoms with van der Waals surface area (Å²) in [6, 6.07) is 7.31. The van der Waals surface area contributed by atoms with Crippen molar-refractivity contribution in [2.75, 3.05) is 20.1 Å². The number of aromatic hydroxyl groups is 1. The van der Waals surface area contributed by atoms with E-state index in [1.165, 1.54) is 12.1 Å². The Hall–Kier alpha value is -3.48. The number of likely N-dealkylation sites (tertiary alicyclic amines) is 1. The van der Waals surface area contributed by atoms with Gasteiger partial charge in [0.2, 0.25) is 0 Å². The number of alkyl halides is 3. The number of piperidine rings is 1. The van der Waals surface area contributed by atoms with E-state index in [2.05, 4.69) is 23.3 Å². The largest absolute Gasteiger partial charge is 0.504 e. The Kier molecular flexibility index (Phi) is 6.44. The molecule has 0 radical (unpaired) electrons. The van der Waals surface area contributed by atoms with Crippen LogP contribution in [0.4, 0.5) is 13.2 Å². The Morgan fingerprint density at radius 2 is 2.00 bits per heavy atom. The summed E-state index contributed by atoms with van der Waals surface area (Å²) in [5, 5.41) is 23.7. The van der Waals surface area contributed by atoms with E-state index in [1.54, 1.807) is 18.0 Å². The number of rotatable bonds is 4. The van der Waals surface area contributed by atoms with Crippen LogP contribution < -0.4 is 4.74 Å². The lowest BCUT2D eigenvalue weighted by atomic mass is 9.45. The zero-order valence-electron chi connectivity index (χ0n) is 23.0. The molecular weight excluding hydrogens is 533 g/mol. The maximum atomic E-state index is 13.4. The molecule has 2 heterocycles. The highest BCUT2D eigenvalue weighted by Crippen LogP contribution is 2.67. The highest BCUT2D eigenvalue weighted by Gasteiger charge is 2.75. The van der Waals surface area contributed by atoms with Crippen LogP contribution in [-0.4, -0.2) is 69.8 Å². The molecule has 41 heavy (non-hydrogen) atoms. The van der Waals surface area contributed by atoms with E-state index in [0.29, 0.717) is 50.1 Å². The van der Waals surface area contributed by atoms with Gasteiger partial charge in [0.25, 0.3) is 5.91 Å². The smallest absolute Gasteiger partial charge is 0.416 e. The Labute approximate surface area is 237 Å². The third-order valence-electron chi connectivity index (χ3n) is 9.97. The van der Waals surface area contributed by atoms with Crippen LogP contribution in [0.5, 0.6) is 11.5 Å². The molecule has 0 aromatic heterocycles. The van der Waals surface area contributed by atoms with Gasteiger partial charge in [-0.3, -0.25) is 9.69 Å². The number of ether oxygens (including phenoxy) is 1. The molecule has 2 fully saturated rings. The summed E-state index contributed by atoms with van der Waals surface area (Å²) in [7, 11) is 1.66. The molecule has 6 atom stereocenters. The van der Waals surface area contributed by atoms with Crippen LogP contribution in [0, 0.1) is 17.8 Å². The van der Waals surface area contributed by atoms with Crippen LogP contribution in [0.2, 0.25) is 0 Å². The van der Waals surface area contributed by atoms with Crippen LogP contribution in [0.25, 0.3) is 0 Å². The normalized spacial score (nSPS) is 31.4. The van der Waals surface area contributed by atoms with Crippen molar-refractivity contribution >= 4 is 5.91 Å². The number of phenols is 1. The van der Waals surface area contributed by atoms with Crippen molar-refractivity contribution in [2.24, 2.45) is 5.92 Å². The van der Waals surface area contributed by atoms with E-state index in [-0.39, 0.29) is 17.7 Å². The SMILES string of the molecule is C=CCN1CC[C@]23c4c5ccc(O)c4O[C@H]2[C@H](N(C)C(=O)C#Cc2ccc(C(F)(F)F)cc2)C[C@H](CC)[C@@]3(O)[C@H]1C5. The van der Waals surface area contributed by atoms with Crippen LogP contribution in [0.3, 0.4) is 0 Å². The van der Waals surface area contributed by atoms with Crippen molar-refractivity contribution in [3.05, 3.63) is 71.3 Å². The first kappa shape index (κ1) is 27.7. The lowest BCUT2D eigenvalue weighted by Crippen LogP contribution is -2.80. The predicted octanol–water partition coefficient (Wildman–Crippen LogP) is 4.27. The van der Waals surface area contributed by atoms with Crippen molar-refractivity contribution in [3.63, 3.8) is 0 Å². The van der Waals surface area contributed by atoms with Crippen LogP contribution in [-0.2, 0) is 22.8 Å². The molecule has 2 aromatic rings. The molecule has 1 amide bonds. The number of nitrogens with zero attached hydrogens (tertiary/aromatic N) is 2. The fourth-order valence-corrected chi connectivity index (χ4v) is 8.17. The number of amides is 1. The first-order chi connectivity index (χ1) is 19.5. The summed E-state index contributed by atoms with van der Waals surface area (Å²) in [6.45, 7) is 7.33. The molecular formula is C32H33F3N2O4. The van der Waals surface area contributed by atoms with Gasteiger partial charge in [-0.2, -0.15) is 13.2 Å². The van der Waals surface area contributed by atoms with Crippen LogP contribution in [0.1, 0.15) is 48.4 Å². The number of phenolic OH excluding ortho intramolecular Hbond substituents is 1. The van der Waals surface area contributed by atoms with Crippen LogP contribution >= 0.6 is 0 Å². The number of aliphatic hydroxyl groups is 1. The van der Waals surface area contributed by atoms with Gasteiger partial charge >= 0.3 is 6.18 Å². The zero-order valence-corrected chi connectivity index (χ0v) is 23.0. The molecule has 2 N–H and O–H groups in total. The Morgan fingerprint density at radius 1 is 1.27 bits per heavy atom. The van der Waals surface area contributed by atoms with Gasteiger partial charge in [0, 0.05) is 36.7 Å². The van der Waals surface area contributed by atoms with E-state index < -0.39 is 40.8 Å². The van der Waals surface area contributed by atoms with Gasteiger partial charge < -0.3 is 19.8 Å². The topological polar surface area (TPSA) is 73.2 Å². The maximum Gasteiger partial charge on any atom is 0.416 e. The van der Waals surface area contributed by atoms with Gasteiger partial charge in [0.15, 0.2) is 11.5 Å². The Balaban J connectivity index is 1.38. The molecule has 2 aromatic carbocycles. The molecule has 9 heteroatoms. The summed E-state index contributed by atoms with van der Waals surface area (Å²) in [4.78, 5) is 17.2. The van der Waals surface area contributed by atoms with Gasteiger partial charge in [-0.05, 0) is 67.6 Å². The number of likely N-dealkylation sites (N-methyl/N-ethyl adjacent to an activating group) is 1. The van der Waals surface area contributed by atoms with E-state index in [0.717, 1.165) is 23.3 Å². The maximum absolute atomic E-state index is 13.4. The molecule has 0 unspecified atom stereocenters. The van der Waals surface area contributed by atoms with Crippen molar-refractivity contribution in [1.82, 2.24) is 9.80 Å². The fourth-order valence-electron chi connectivity index (χ4n) is 8.17. The Bertz CT molecular complexity index is 1460. The lowest BCUT2D eigenvalue weighted by Gasteiger charge is -2.67. The van der Waals surface area contributed by atoms with Crippen molar-refractivity contribution in [2.45, 2.75) is 68.0 Å². The number of hydrogen-bond acceptors (Lipinski definition) is 5. The van der Waals surface area contributed by atoms with Gasteiger partial charge in [-0.15, -0.1) is 6.58 Å². The second-order valence-electron chi connectivity index (χ2n) is 11.7. The molecule has 4 aliphatic rings. The standard InChI is InChI=1S/C32H33F3N2O4/c1-4-15-37-16-14-30-27-20-9-12-24(38)28(27)41-29(30)23(18-21(5-2)31(30,40)25(37)17-20)36(3)26(39)13-8-19-6-10-22(11-7-19)32(33,34)35/h4,6-7,9-12,21,23,25,29,38,40H,1,5,14-18H2,2-3H3/t21-,23+,25+,29-,30-,31+/m0/s1. The second kappa shape index (κ2) is 9.53.